The highest BCUT2D eigenvalue weighted by molar-refractivity contribution is 5.66. The van der Waals surface area contributed by atoms with E-state index in [0.29, 0.717) is 5.69 Å². The molecule has 18 heavy (non-hydrogen) atoms. The lowest BCUT2D eigenvalue weighted by molar-refractivity contribution is 0.111. The van der Waals surface area contributed by atoms with Crippen LogP contribution in [-0.4, -0.2) is 11.6 Å². The fourth-order valence-corrected chi connectivity index (χ4v) is 2.41. The van der Waals surface area contributed by atoms with Gasteiger partial charge in [-0.1, -0.05) is 12.1 Å². The van der Waals surface area contributed by atoms with E-state index >= 15 is 0 Å². The molecular weight excluding hydrogens is 224 g/mol. The first kappa shape index (κ1) is 11.2. The third-order valence-electron chi connectivity index (χ3n) is 3.35. The van der Waals surface area contributed by atoms with Gasteiger partial charge in [-0.25, -0.2) is 0 Å². The SMILES string of the molecule is Cc1cc(N)cnc1-c1ccc2c(c1)CCOC2. The van der Waals surface area contributed by atoms with Gasteiger partial charge in [0, 0.05) is 5.56 Å². The summed E-state index contributed by atoms with van der Waals surface area (Å²) in [6.07, 6.45) is 2.70. The molecule has 1 aliphatic heterocycles. The molecule has 1 aromatic heterocycles. The number of nitrogen functional groups attached to an aromatic ring is 1. The Balaban J connectivity index is 2.06. The maximum Gasteiger partial charge on any atom is 0.0732 e. The molecule has 0 spiro atoms. The number of nitrogens with two attached hydrogens (primary N) is 1. The Hall–Kier alpha value is -1.87. The van der Waals surface area contributed by atoms with Gasteiger partial charge in [-0.15, -0.1) is 0 Å². The Morgan fingerprint density at radius 2 is 2.11 bits per heavy atom. The maximum absolute atomic E-state index is 5.74. The van der Waals surface area contributed by atoms with Crippen LogP contribution >= 0.6 is 0 Å². The smallest absolute Gasteiger partial charge is 0.0732 e. The molecule has 0 bridgehead atoms. The summed E-state index contributed by atoms with van der Waals surface area (Å²) in [5.41, 5.74) is 12.4. The molecule has 0 amide bonds. The van der Waals surface area contributed by atoms with Gasteiger partial charge in [0.15, 0.2) is 0 Å². The lowest BCUT2D eigenvalue weighted by Gasteiger charge is -2.17. The van der Waals surface area contributed by atoms with Crippen LogP contribution in [0, 0.1) is 6.92 Å². The van der Waals surface area contributed by atoms with Crippen molar-refractivity contribution >= 4 is 5.69 Å². The molecule has 92 valence electrons. The minimum Gasteiger partial charge on any atom is -0.397 e. The zero-order valence-corrected chi connectivity index (χ0v) is 10.4. The second-order valence-electron chi connectivity index (χ2n) is 4.72. The van der Waals surface area contributed by atoms with Crippen molar-refractivity contribution in [1.82, 2.24) is 4.98 Å². The van der Waals surface area contributed by atoms with Crippen LogP contribution in [0.25, 0.3) is 11.3 Å². The van der Waals surface area contributed by atoms with Crippen molar-refractivity contribution in [2.45, 2.75) is 20.0 Å². The van der Waals surface area contributed by atoms with Crippen molar-refractivity contribution in [2.24, 2.45) is 0 Å². The molecule has 0 atom stereocenters. The number of rotatable bonds is 1. The number of nitrogens with zero attached hydrogens (tertiary/aromatic N) is 1. The summed E-state index contributed by atoms with van der Waals surface area (Å²) in [6, 6.07) is 8.44. The van der Waals surface area contributed by atoms with E-state index < -0.39 is 0 Å². The van der Waals surface area contributed by atoms with Crippen molar-refractivity contribution in [1.29, 1.82) is 0 Å². The van der Waals surface area contributed by atoms with Gasteiger partial charge < -0.3 is 10.5 Å². The number of hydrogen-bond acceptors (Lipinski definition) is 3. The normalized spacial score (nSPS) is 14.3. The van der Waals surface area contributed by atoms with Crippen molar-refractivity contribution in [3.63, 3.8) is 0 Å². The summed E-state index contributed by atoms with van der Waals surface area (Å²) < 4.78 is 5.45. The van der Waals surface area contributed by atoms with Crippen LogP contribution in [0.5, 0.6) is 0 Å². The first-order valence-corrected chi connectivity index (χ1v) is 6.16. The van der Waals surface area contributed by atoms with Gasteiger partial charge in [-0.2, -0.15) is 0 Å². The highest BCUT2D eigenvalue weighted by Crippen LogP contribution is 2.26. The molecule has 2 N–H and O–H groups in total. The van der Waals surface area contributed by atoms with Crippen molar-refractivity contribution in [3.05, 3.63) is 47.2 Å². The van der Waals surface area contributed by atoms with Crippen LogP contribution in [0.2, 0.25) is 0 Å². The van der Waals surface area contributed by atoms with Gasteiger partial charge in [-0.05, 0) is 42.2 Å². The zero-order chi connectivity index (χ0) is 12.5. The van der Waals surface area contributed by atoms with E-state index in [-0.39, 0.29) is 0 Å². The zero-order valence-electron chi connectivity index (χ0n) is 10.4. The van der Waals surface area contributed by atoms with Crippen LogP contribution < -0.4 is 5.73 Å². The molecule has 2 heterocycles. The third kappa shape index (κ3) is 1.97. The Morgan fingerprint density at radius 3 is 2.94 bits per heavy atom. The largest absolute Gasteiger partial charge is 0.397 e. The van der Waals surface area contributed by atoms with Crippen LogP contribution in [0.4, 0.5) is 5.69 Å². The Morgan fingerprint density at radius 1 is 1.22 bits per heavy atom. The molecule has 0 unspecified atom stereocenters. The molecule has 2 aromatic rings. The van der Waals surface area contributed by atoms with Crippen molar-refractivity contribution in [2.75, 3.05) is 12.3 Å². The molecule has 1 aromatic carbocycles. The van der Waals surface area contributed by atoms with Crippen LogP contribution in [-0.2, 0) is 17.8 Å². The number of ether oxygens (including phenoxy) is 1. The van der Waals surface area contributed by atoms with Crippen LogP contribution in [0.1, 0.15) is 16.7 Å². The highest BCUT2D eigenvalue weighted by Gasteiger charge is 2.12. The van der Waals surface area contributed by atoms with Gasteiger partial charge in [0.2, 0.25) is 0 Å². The molecule has 0 saturated heterocycles. The van der Waals surface area contributed by atoms with Crippen molar-refractivity contribution < 1.29 is 4.74 Å². The first-order chi connectivity index (χ1) is 8.74. The summed E-state index contributed by atoms with van der Waals surface area (Å²) in [5, 5.41) is 0. The van der Waals surface area contributed by atoms with E-state index in [1.165, 1.54) is 11.1 Å². The van der Waals surface area contributed by atoms with Crippen LogP contribution in [0.15, 0.2) is 30.5 Å². The summed E-state index contributed by atoms with van der Waals surface area (Å²) in [6.45, 7) is 3.58. The number of benzene rings is 1. The first-order valence-electron chi connectivity index (χ1n) is 6.16. The molecule has 0 saturated carbocycles. The Bertz CT molecular complexity index is 593. The summed E-state index contributed by atoms with van der Waals surface area (Å²) in [4.78, 5) is 4.44. The third-order valence-corrected chi connectivity index (χ3v) is 3.35. The summed E-state index contributed by atoms with van der Waals surface area (Å²) in [7, 11) is 0. The number of anilines is 1. The number of fused-ring (bicyclic) bond motifs is 1. The fourth-order valence-electron chi connectivity index (χ4n) is 2.41. The predicted molar refractivity (Wildman–Crippen MR) is 72.2 cm³/mol. The average molecular weight is 240 g/mol. The lowest BCUT2D eigenvalue weighted by Crippen LogP contribution is -2.09. The molecule has 0 aliphatic carbocycles. The van der Waals surface area contributed by atoms with Crippen LogP contribution in [0.3, 0.4) is 0 Å². The maximum atomic E-state index is 5.74. The van der Waals surface area contributed by atoms with Crippen molar-refractivity contribution in [3.8, 4) is 11.3 Å². The number of pyridine rings is 1. The van der Waals surface area contributed by atoms with Gasteiger partial charge in [0.25, 0.3) is 0 Å². The minimum absolute atomic E-state index is 0.711. The standard InChI is InChI=1S/C15H16N2O/c1-10-6-14(16)8-17-15(10)12-2-3-13-9-18-5-4-11(13)7-12/h2-3,6-8H,4-5,9,16H2,1H3. The number of aryl methyl sites for hydroxylation is 1. The monoisotopic (exact) mass is 240 g/mol. The van der Waals surface area contributed by atoms with E-state index in [4.69, 9.17) is 10.5 Å². The van der Waals surface area contributed by atoms with Gasteiger partial charge >= 0.3 is 0 Å². The fraction of sp³-hybridized carbons (Fsp3) is 0.267. The molecule has 1 aliphatic rings. The predicted octanol–water partition coefficient (Wildman–Crippen LogP) is 2.71. The number of aromatic nitrogens is 1. The summed E-state index contributed by atoms with van der Waals surface area (Å²) in [5.74, 6) is 0. The Labute approximate surface area is 107 Å². The van der Waals surface area contributed by atoms with Gasteiger partial charge in [0.05, 0.1) is 30.8 Å². The van der Waals surface area contributed by atoms with E-state index in [1.807, 2.05) is 13.0 Å². The van der Waals surface area contributed by atoms with E-state index in [9.17, 15) is 0 Å². The lowest BCUT2D eigenvalue weighted by atomic mass is 9.97. The highest BCUT2D eigenvalue weighted by atomic mass is 16.5. The van der Waals surface area contributed by atoms with Gasteiger partial charge in [-0.3, -0.25) is 4.98 Å². The molecule has 3 heteroatoms. The molecule has 0 radical (unpaired) electrons. The van der Waals surface area contributed by atoms with E-state index in [2.05, 4.69) is 23.2 Å². The average Bonchev–Trinajstić information content (AvgIpc) is 2.38. The molecular formula is C15H16N2O. The molecule has 3 nitrogen and oxygen atoms in total. The minimum atomic E-state index is 0.711. The van der Waals surface area contributed by atoms with E-state index in [0.717, 1.165) is 36.5 Å². The number of hydrogen-bond donors (Lipinski definition) is 1. The van der Waals surface area contributed by atoms with Gasteiger partial charge in [0.1, 0.15) is 0 Å². The van der Waals surface area contributed by atoms with E-state index in [1.54, 1.807) is 6.20 Å². The second-order valence-corrected chi connectivity index (χ2v) is 4.72. The molecule has 3 rings (SSSR count). The second kappa shape index (κ2) is 4.42. The topological polar surface area (TPSA) is 48.1 Å². The molecule has 0 fully saturated rings. The Kier molecular flexibility index (Phi) is 2.76. The summed E-state index contributed by atoms with van der Waals surface area (Å²) >= 11 is 0. The quantitative estimate of drug-likeness (QED) is 0.833.